The Bertz CT molecular complexity index is 798. The fraction of sp³-hybridized carbons (Fsp3) is 0.250. The van der Waals surface area contributed by atoms with E-state index < -0.39 is 0 Å². The number of amides is 1. The lowest BCUT2D eigenvalue weighted by Gasteiger charge is -2.13. The highest BCUT2D eigenvalue weighted by Crippen LogP contribution is 2.18. The van der Waals surface area contributed by atoms with Gasteiger partial charge in [-0.15, -0.1) is 21.5 Å². The summed E-state index contributed by atoms with van der Waals surface area (Å²) in [5.41, 5.74) is 2.05. The fourth-order valence-electron chi connectivity index (χ4n) is 2.21. The lowest BCUT2D eigenvalue weighted by Crippen LogP contribution is -2.18. The van der Waals surface area contributed by atoms with E-state index in [0.29, 0.717) is 10.7 Å². The Morgan fingerprint density at radius 3 is 2.79 bits per heavy atom. The van der Waals surface area contributed by atoms with Crippen molar-refractivity contribution in [1.29, 1.82) is 0 Å². The summed E-state index contributed by atoms with van der Waals surface area (Å²) in [5.74, 6) is 0.510. The molecule has 8 heteroatoms. The zero-order valence-corrected chi connectivity index (χ0v) is 14.9. The molecule has 0 radical (unpaired) electrons. The van der Waals surface area contributed by atoms with Crippen LogP contribution in [0.25, 0.3) is 0 Å². The third-order valence-corrected chi connectivity index (χ3v) is 4.93. The zero-order valence-electron chi connectivity index (χ0n) is 13.3. The number of anilines is 2. The van der Waals surface area contributed by atoms with E-state index >= 15 is 0 Å². The predicted octanol–water partition coefficient (Wildman–Crippen LogP) is 3.60. The lowest BCUT2D eigenvalue weighted by molar-refractivity contribution is 0.102. The highest BCUT2D eigenvalue weighted by atomic mass is 32.1. The van der Waals surface area contributed by atoms with Gasteiger partial charge >= 0.3 is 0 Å². The van der Waals surface area contributed by atoms with Gasteiger partial charge in [-0.1, -0.05) is 11.3 Å². The Labute approximate surface area is 148 Å². The maximum absolute atomic E-state index is 12.1. The molecule has 0 aliphatic rings. The third kappa shape index (κ3) is 4.36. The van der Waals surface area contributed by atoms with Crippen LogP contribution in [0.1, 0.15) is 27.0 Å². The number of aromatic nitrogens is 3. The van der Waals surface area contributed by atoms with Crippen LogP contribution in [0, 0.1) is 6.92 Å². The quantitative estimate of drug-likeness (QED) is 0.703. The Balaban J connectivity index is 1.56. The van der Waals surface area contributed by atoms with Gasteiger partial charge in [0.2, 0.25) is 5.13 Å². The van der Waals surface area contributed by atoms with Crippen molar-refractivity contribution in [3.8, 4) is 0 Å². The van der Waals surface area contributed by atoms with Crippen molar-refractivity contribution in [2.24, 2.45) is 0 Å². The maximum Gasteiger partial charge on any atom is 0.259 e. The number of hydrogen-bond donors (Lipinski definition) is 2. The molecular formula is C16H17N5OS2. The highest BCUT2D eigenvalue weighted by molar-refractivity contribution is 7.13. The second-order valence-electron chi connectivity index (χ2n) is 5.39. The van der Waals surface area contributed by atoms with Crippen LogP contribution in [0.3, 0.4) is 0 Å². The van der Waals surface area contributed by atoms with Crippen LogP contribution in [0.15, 0.2) is 36.0 Å². The number of carbonyl (C=O) groups excluding carboxylic acids is 1. The second-order valence-corrected chi connectivity index (χ2v) is 7.60. The Morgan fingerprint density at radius 2 is 2.17 bits per heavy atom. The first-order valence-corrected chi connectivity index (χ1v) is 9.15. The third-order valence-electron chi connectivity index (χ3n) is 3.30. The van der Waals surface area contributed by atoms with Crippen molar-refractivity contribution in [2.45, 2.75) is 26.3 Å². The summed E-state index contributed by atoms with van der Waals surface area (Å²) in [4.78, 5) is 19.0. The molecule has 0 saturated carbocycles. The van der Waals surface area contributed by atoms with Crippen molar-refractivity contribution in [3.05, 3.63) is 51.3 Å². The van der Waals surface area contributed by atoms with E-state index in [1.54, 1.807) is 17.8 Å². The molecule has 0 aromatic carbocycles. The number of rotatable bonds is 6. The largest absolute Gasteiger partial charge is 0.367 e. The summed E-state index contributed by atoms with van der Waals surface area (Å²) in [7, 11) is 0. The van der Waals surface area contributed by atoms with Crippen LogP contribution in [0.2, 0.25) is 0 Å². The summed E-state index contributed by atoms with van der Waals surface area (Å²) in [6.45, 7) is 4.23. The summed E-state index contributed by atoms with van der Waals surface area (Å²) >= 11 is 3.09. The predicted molar refractivity (Wildman–Crippen MR) is 97.9 cm³/mol. The van der Waals surface area contributed by atoms with Gasteiger partial charge in [0.15, 0.2) is 0 Å². The molecule has 0 spiro atoms. The Kier molecular flexibility index (Phi) is 5.17. The first-order chi connectivity index (χ1) is 11.6. The molecule has 1 atom stereocenters. The van der Waals surface area contributed by atoms with Crippen molar-refractivity contribution >= 4 is 39.5 Å². The minimum absolute atomic E-state index is 0.243. The number of hydrogen-bond acceptors (Lipinski definition) is 7. The molecule has 0 fully saturated rings. The van der Waals surface area contributed by atoms with Gasteiger partial charge in [0.05, 0.1) is 5.56 Å². The zero-order chi connectivity index (χ0) is 16.9. The van der Waals surface area contributed by atoms with E-state index in [0.717, 1.165) is 12.2 Å². The second kappa shape index (κ2) is 7.50. The molecule has 3 heterocycles. The molecule has 6 nitrogen and oxygen atoms in total. The van der Waals surface area contributed by atoms with E-state index in [2.05, 4.69) is 51.8 Å². The summed E-state index contributed by atoms with van der Waals surface area (Å²) in [6.07, 6.45) is 2.50. The SMILES string of the molecule is Cc1ccc(CC(C)Nc2ccc(C(=O)Nc3nncs3)cn2)s1. The molecule has 0 bridgehead atoms. The first kappa shape index (κ1) is 16.5. The van der Waals surface area contributed by atoms with Gasteiger partial charge < -0.3 is 5.32 Å². The van der Waals surface area contributed by atoms with E-state index in [1.807, 2.05) is 17.4 Å². The molecule has 0 saturated heterocycles. The smallest absolute Gasteiger partial charge is 0.259 e. The van der Waals surface area contributed by atoms with Gasteiger partial charge in [-0.05, 0) is 38.1 Å². The summed E-state index contributed by atoms with van der Waals surface area (Å²) < 4.78 is 0. The maximum atomic E-state index is 12.1. The lowest BCUT2D eigenvalue weighted by atomic mass is 10.2. The fourth-order valence-corrected chi connectivity index (χ4v) is 3.67. The van der Waals surface area contributed by atoms with E-state index in [9.17, 15) is 4.79 Å². The number of pyridine rings is 1. The molecule has 2 N–H and O–H groups in total. The first-order valence-electron chi connectivity index (χ1n) is 7.45. The van der Waals surface area contributed by atoms with Crippen LogP contribution in [-0.2, 0) is 6.42 Å². The summed E-state index contributed by atoms with van der Waals surface area (Å²) in [6, 6.07) is 8.11. The Morgan fingerprint density at radius 1 is 1.29 bits per heavy atom. The molecule has 0 aliphatic carbocycles. The van der Waals surface area contributed by atoms with Gasteiger partial charge in [-0.3, -0.25) is 10.1 Å². The highest BCUT2D eigenvalue weighted by Gasteiger charge is 2.10. The topological polar surface area (TPSA) is 79.8 Å². The molecule has 24 heavy (non-hydrogen) atoms. The monoisotopic (exact) mass is 359 g/mol. The van der Waals surface area contributed by atoms with Crippen LogP contribution >= 0.6 is 22.7 Å². The number of carbonyl (C=O) groups is 1. The number of nitrogens with one attached hydrogen (secondary N) is 2. The van der Waals surface area contributed by atoms with Crippen LogP contribution in [0.4, 0.5) is 10.9 Å². The number of nitrogens with zero attached hydrogens (tertiary/aromatic N) is 3. The number of thiophene rings is 1. The minimum Gasteiger partial charge on any atom is -0.367 e. The average molecular weight is 359 g/mol. The molecule has 0 aliphatic heterocycles. The van der Waals surface area contributed by atoms with Crippen molar-refractivity contribution in [3.63, 3.8) is 0 Å². The van der Waals surface area contributed by atoms with Crippen LogP contribution in [-0.4, -0.2) is 27.1 Å². The van der Waals surface area contributed by atoms with E-state index in [4.69, 9.17) is 0 Å². The number of aryl methyl sites for hydroxylation is 1. The van der Waals surface area contributed by atoms with E-state index in [-0.39, 0.29) is 11.9 Å². The van der Waals surface area contributed by atoms with Gasteiger partial charge in [0.25, 0.3) is 5.91 Å². The van der Waals surface area contributed by atoms with E-state index in [1.165, 1.54) is 21.1 Å². The van der Waals surface area contributed by atoms with Gasteiger partial charge in [-0.25, -0.2) is 4.98 Å². The molecule has 1 amide bonds. The molecule has 3 rings (SSSR count). The van der Waals surface area contributed by atoms with Crippen molar-refractivity contribution in [2.75, 3.05) is 10.6 Å². The van der Waals surface area contributed by atoms with Crippen LogP contribution in [0.5, 0.6) is 0 Å². The van der Waals surface area contributed by atoms with Crippen molar-refractivity contribution < 1.29 is 4.79 Å². The van der Waals surface area contributed by atoms with Gasteiger partial charge in [-0.2, -0.15) is 0 Å². The standard InChI is InChI=1S/C16H17N5OS2/c1-10(7-13-5-3-11(2)24-13)19-14-6-4-12(8-17-14)15(22)20-16-21-18-9-23-16/h3-6,8-10H,7H2,1-2H3,(H,17,19)(H,20,21,22). The molecule has 3 aromatic rings. The average Bonchev–Trinajstić information content (AvgIpc) is 3.20. The Hall–Kier alpha value is -2.32. The molecule has 1 unspecified atom stereocenters. The molecule has 3 aromatic heterocycles. The van der Waals surface area contributed by atoms with Gasteiger partial charge in [0, 0.05) is 28.4 Å². The summed E-state index contributed by atoms with van der Waals surface area (Å²) in [5, 5.41) is 14.0. The molecular weight excluding hydrogens is 342 g/mol. The normalized spacial score (nSPS) is 11.9. The van der Waals surface area contributed by atoms with Crippen LogP contribution < -0.4 is 10.6 Å². The molecule has 124 valence electrons. The minimum atomic E-state index is -0.243. The van der Waals surface area contributed by atoms with Gasteiger partial charge in [0.1, 0.15) is 11.3 Å². The van der Waals surface area contributed by atoms with Crippen molar-refractivity contribution in [1.82, 2.24) is 15.2 Å².